The van der Waals surface area contributed by atoms with Gasteiger partial charge < -0.3 is 15.6 Å². The number of guanidine groups is 1. The zero-order chi connectivity index (χ0) is 15.6. The summed E-state index contributed by atoms with van der Waals surface area (Å²) in [4.78, 5) is 3.88. The molecule has 0 radical (unpaired) electrons. The summed E-state index contributed by atoms with van der Waals surface area (Å²) in [6, 6.07) is 4.99. The van der Waals surface area contributed by atoms with Gasteiger partial charge >= 0.3 is 6.18 Å². The fourth-order valence-corrected chi connectivity index (χ4v) is 1.62. The van der Waals surface area contributed by atoms with E-state index < -0.39 is 11.7 Å². The highest BCUT2D eigenvalue weighted by Gasteiger charge is 2.33. The van der Waals surface area contributed by atoms with Gasteiger partial charge in [-0.1, -0.05) is 17.3 Å². The van der Waals surface area contributed by atoms with Crippen molar-refractivity contribution in [1.82, 2.24) is 5.16 Å². The maximum Gasteiger partial charge on any atom is 0.418 e. The predicted octanol–water partition coefficient (Wildman–Crippen LogP) is 3.37. The Labute approximate surface area is 118 Å². The number of benzene rings is 1. The Hall–Kier alpha value is -2.51. The van der Waals surface area contributed by atoms with Crippen molar-refractivity contribution in [2.24, 2.45) is 10.7 Å². The zero-order valence-electron chi connectivity index (χ0n) is 11.3. The number of aliphatic imine (C=N–C) groups is 1. The van der Waals surface area contributed by atoms with Crippen molar-refractivity contribution >= 4 is 17.5 Å². The SMILES string of the molecule is Cc1noc(/N=C(/N)Nc2ccccc2C(F)(F)F)c1C. The molecule has 2 rings (SSSR count). The number of nitrogens with two attached hydrogens (primary N) is 1. The van der Waals surface area contributed by atoms with Gasteiger partial charge in [0.25, 0.3) is 5.88 Å². The zero-order valence-corrected chi connectivity index (χ0v) is 11.3. The maximum atomic E-state index is 12.8. The van der Waals surface area contributed by atoms with Crippen molar-refractivity contribution in [3.63, 3.8) is 0 Å². The summed E-state index contributed by atoms with van der Waals surface area (Å²) in [5, 5.41) is 6.11. The molecule has 0 saturated heterocycles. The number of aryl methyl sites for hydroxylation is 1. The van der Waals surface area contributed by atoms with Gasteiger partial charge in [0.1, 0.15) is 0 Å². The highest BCUT2D eigenvalue weighted by atomic mass is 19.4. The lowest BCUT2D eigenvalue weighted by molar-refractivity contribution is -0.136. The van der Waals surface area contributed by atoms with Gasteiger partial charge in [0.15, 0.2) is 0 Å². The minimum absolute atomic E-state index is 0.155. The maximum absolute atomic E-state index is 12.8. The minimum atomic E-state index is -4.48. The molecule has 0 saturated carbocycles. The Bertz CT molecular complexity index is 676. The first-order chi connectivity index (χ1) is 9.79. The van der Waals surface area contributed by atoms with Crippen molar-refractivity contribution in [3.8, 4) is 0 Å². The van der Waals surface area contributed by atoms with Gasteiger partial charge in [0.05, 0.1) is 16.9 Å². The van der Waals surface area contributed by atoms with Crippen LogP contribution in [-0.2, 0) is 6.18 Å². The molecule has 1 aromatic carbocycles. The largest absolute Gasteiger partial charge is 0.418 e. The van der Waals surface area contributed by atoms with Crippen LogP contribution in [0.5, 0.6) is 0 Å². The molecular weight excluding hydrogens is 285 g/mol. The first kappa shape index (κ1) is 14.9. The van der Waals surface area contributed by atoms with E-state index in [1.165, 1.54) is 18.2 Å². The van der Waals surface area contributed by atoms with Gasteiger partial charge in [0.2, 0.25) is 5.96 Å². The lowest BCUT2D eigenvalue weighted by Gasteiger charge is -2.13. The van der Waals surface area contributed by atoms with E-state index in [2.05, 4.69) is 15.5 Å². The molecule has 112 valence electrons. The number of para-hydroxylation sites is 1. The van der Waals surface area contributed by atoms with Gasteiger partial charge in [-0.05, 0) is 26.0 Å². The third-order valence-electron chi connectivity index (χ3n) is 2.85. The topological polar surface area (TPSA) is 76.4 Å². The van der Waals surface area contributed by atoms with E-state index in [4.69, 9.17) is 10.3 Å². The third-order valence-corrected chi connectivity index (χ3v) is 2.85. The summed E-state index contributed by atoms with van der Waals surface area (Å²) < 4.78 is 43.5. The molecule has 0 spiro atoms. The Kier molecular flexibility index (Phi) is 3.88. The van der Waals surface area contributed by atoms with Gasteiger partial charge in [-0.25, -0.2) is 0 Å². The van der Waals surface area contributed by atoms with E-state index in [-0.39, 0.29) is 17.5 Å². The van der Waals surface area contributed by atoms with E-state index >= 15 is 0 Å². The number of alkyl halides is 3. The molecule has 0 aliphatic heterocycles. The van der Waals surface area contributed by atoms with Gasteiger partial charge in [-0.3, -0.25) is 0 Å². The summed E-state index contributed by atoms with van der Waals surface area (Å²) >= 11 is 0. The van der Waals surface area contributed by atoms with Crippen LogP contribution in [-0.4, -0.2) is 11.1 Å². The normalized spacial score (nSPS) is 12.5. The number of anilines is 1. The van der Waals surface area contributed by atoms with E-state index in [1.807, 2.05) is 0 Å². The van der Waals surface area contributed by atoms with Gasteiger partial charge in [-0.2, -0.15) is 18.2 Å². The molecule has 0 aliphatic carbocycles. The van der Waals surface area contributed by atoms with Crippen LogP contribution in [0.25, 0.3) is 0 Å². The molecule has 0 atom stereocenters. The smallest absolute Gasteiger partial charge is 0.369 e. The van der Waals surface area contributed by atoms with Crippen LogP contribution in [0.3, 0.4) is 0 Å². The van der Waals surface area contributed by atoms with Crippen molar-refractivity contribution < 1.29 is 17.7 Å². The fraction of sp³-hybridized carbons (Fsp3) is 0.231. The summed E-state index contributed by atoms with van der Waals surface area (Å²) in [5.74, 6) is -0.0621. The minimum Gasteiger partial charge on any atom is -0.369 e. The molecule has 5 nitrogen and oxygen atoms in total. The molecule has 0 unspecified atom stereocenters. The number of nitrogens with one attached hydrogen (secondary N) is 1. The highest BCUT2D eigenvalue weighted by molar-refractivity contribution is 5.94. The van der Waals surface area contributed by atoms with Crippen LogP contribution < -0.4 is 11.1 Å². The number of hydrogen-bond donors (Lipinski definition) is 2. The van der Waals surface area contributed by atoms with Crippen LogP contribution in [0.2, 0.25) is 0 Å². The molecule has 3 N–H and O–H groups in total. The van der Waals surface area contributed by atoms with E-state index in [1.54, 1.807) is 13.8 Å². The van der Waals surface area contributed by atoms with Crippen LogP contribution in [0.15, 0.2) is 33.8 Å². The number of aromatic nitrogens is 1. The van der Waals surface area contributed by atoms with Crippen molar-refractivity contribution in [2.75, 3.05) is 5.32 Å². The lowest BCUT2D eigenvalue weighted by Crippen LogP contribution is -2.24. The molecule has 0 bridgehead atoms. The van der Waals surface area contributed by atoms with Gasteiger partial charge in [-0.15, -0.1) is 0 Å². The molecular formula is C13H13F3N4O. The Morgan fingerprint density at radius 3 is 2.52 bits per heavy atom. The van der Waals surface area contributed by atoms with Crippen LogP contribution >= 0.6 is 0 Å². The van der Waals surface area contributed by atoms with E-state index in [9.17, 15) is 13.2 Å². The van der Waals surface area contributed by atoms with E-state index in [0.29, 0.717) is 11.3 Å². The summed E-state index contributed by atoms with van der Waals surface area (Å²) in [7, 11) is 0. The molecule has 1 aromatic heterocycles. The average Bonchev–Trinajstić information content (AvgIpc) is 2.70. The molecule has 0 fully saturated rings. The van der Waals surface area contributed by atoms with Crippen molar-refractivity contribution in [2.45, 2.75) is 20.0 Å². The van der Waals surface area contributed by atoms with Crippen LogP contribution in [0.1, 0.15) is 16.8 Å². The quantitative estimate of drug-likeness (QED) is 0.658. The molecule has 0 amide bonds. The molecule has 8 heteroatoms. The number of nitrogens with zero attached hydrogens (tertiary/aromatic N) is 2. The fourth-order valence-electron chi connectivity index (χ4n) is 1.62. The summed E-state index contributed by atoms with van der Waals surface area (Å²) in [6.45, 7) is 3.45. The lowest BCUT2D eigenvalue weighted by atomic mass is 10.1. The number of rotatable bonds is 2. The predicted molar refractivity (Wildman–Crippen MR) is 72.3 cm³/mol. The Balaban J connectivity index is 2.28. The molecule has 1 heterocycles. The van der Waals surface area contributed by atoms with Crippen molar-refractivity contribution in [3.05, 3.63) is 41.1 Å². The second kappa shape index (κ2) is 5.47. The number of halogens is 3. The molecule has 21 heavy (non-hydrogen) atoms. The average molecular weight is 298 g/mol. The number of hydrogen-bond acceptors (Lipinski definition) is 3. The summed E-state index contributed by atoms with van der Waals surface area (Å²) in [6.07, 6.45) is -4.48. The Morgan fingerprint density at radius 1 is 1.29 bits per heavy atom. The van der Waals surface area contributed by atoms with Crippen LogP contribution in [0, 0.1) is 13.8 Å². The monoisotopic (exact) mass is 298 g/mol. The van der Waals surface area contributed by atoms with Crippen molar-refractivity contribution in [1.29, 1.82) is 0 Å². The molecule has 2 aromatic rings. The highest BCUT2D eigenvalue weighted by Crippen LogP contribution is 2.34. The standard InChI is InChI=1S/C13H13F3N4O/c1-7-8(2)20-21-11(7)19-12(17)18-10-6-4-3-5-9(10)13(14,15)16/h3-6H,1-2H3,(H3,17,18,19). The Morgan fingerprint density at radius 2 is 1.95 bits per heavy atom. The first-order valence-corrected chi connectivity index (χ1v) is 5.99. The molecule has 0 aliphatic rings. The second-order valence-corrected chi connectivity index (χ2v) is 4.36. The summed E-state index contributed by atoms with van der Waals surface area (Å²) in [5.41, 5.74) is 5.91. The van der Waals surface area contributed by atoms with Gasteiger partial charge in [0, 0.05) is 5.56 Å². The second-order valence-electron chi connectivity index (χ2n) is 4.36. The van der Waals surface area contributed by atoms with Crippen LogP contribution in [0.4, 0.5) is 24.7 Å². The van der Waals surface area contributed by atoms with E-state index in [0.717, 1.165) is 6.07 Å². The first-order valence-electron chi connectivity index (χ1n) is 5.99. The third kappa shape index (κ3) is 3.33.